The van der Waals surface area contributed by atoms with Crippen LogP contribution in [0, 0.1) is 0 Å². The lowest BCUT2D eigenvalue weighted by atomic mass is 9.79. The lowest BCUT2D eigenvalue weighted by Crippen LogP contribution is -2.48. The fraction of sp³-hybridized carbons (Fsp3) is 0.364. The second-order valence-electron chi connectivity index (χ2n) is 7.05. The molecule has 1 aromatic carbocycles. The number of carbonyl (C=O) groups is 2. The lowest BCUT2D eigenvalue weighted by molar-refractivity contribution is -0.139. The molecule has 7 heteroatoms. The van der Waals surface area contributed by atoms with Crippen LogP contribution in [-0.4, -0.2) is 51.0 Å². The number of methoxy groups -OCH3 is 3. The number of hydrogen-bond acceptors (Lipinski definition) is 7. The normalized spacial score (nSPS) is 23.0. The van der Waals surface area contributed by atoms with Crippen molar-refractivity contribution in [1.82, 2.24) is 0 Å². The minimum Gasteiger partial charge on any atom is -0.497 e. The summed E-state index contributed by atoms with van der Waals surface area (Å²) >= 11 is 0. The van der Waals surface area contributed by atoms with E-state index in [1.54, 1.807) is 19.3 Å². The molecule has 2 heterocycles. The van der Waals surface area contributed by atoms with Crippen LogP contribution in [0.2, 0.25) is 0 Å². The minimum atomic E-state index is -1.18. The van der Waals surface area contributed by atoms with Gasteiger partial charge in [0.15, 0.2) is 0 Å². The van der Waals surface area contributed by atoms with Gasteiger partial charge >= 0.3 is 11.9 Å². The Morgan fingerprint density at radius 1 is 1.17 bits per heavy atom. The molecular formula is C22H25NO6. The Bertz CT molecular complexity index is 885. The van der Waals surface area contributed by atoms with Crippen molar-refractivity contribution < 1.29 is 28.5 Å². The molecule has 0 amide bonds. The molecule has 1 aromatic rings. The third-order valence-corrected chi connectivity index (χ3v) is 5.08. The molecule has 0 saturated heterocycles. The average Bonchev–Trinajstić information content (AvgIpc) is 3.30. The predicted molar refractivity (Wildman–Crippen MR) is 108 cm³/mol. The van der Waals surface area contributed by atoms with Crippen molar-refractivity contribution in [2.75, 3.05) is 26.6 Å². The van der Waals surface area contributed by atoms with Crippen LogP contribution in [0.3, 0.4) is 0 Å². The van der Waals surface area contributed by atoms with Crippen LogP contribution in [0.25, 0.3) is 0 Å². The van der Waals surface area contributed by atoms with Gasteiger partial charge in [-0.2, -0.15) is 0 Å². The number of ether oxygens (including phenoxy) is 4. The van der Waals surface area contributed by atoms with Gasteiger partial charge in [0, 0.05) is 5.69 Å². The van der Waals surface area contributed by atoms with Gasteiger partial charge in [-0.3, -0.25) is 0 Å². The molecule has 1 N–H and O–H groups in total. The van der Waals surface area contributed by atoms with Gasteiger partial charge in [0.1, 0.15) is 17.5 Å². The number of carbonyl (C=O) groups excluding carboxylic acids is 2. The molecule has 7 nitrogen and oxygen atoms in total. The first-order valence-corrected chi connectivity index (χ1v) is 9.19. The van der Waals surface area contributed by atoms with Crippen LogP contribution in [-0.2, 0) is 23.8 Å². The van der Waals surface area contributed by atoms with Crippen LogP contribution < -0.4 is 10.1 Å². The second-order valence-corrected chi connectivity index (χ2v) is 7.05. The van der Waals surface area contributed by atoms with Crippen LogP contribution in [0.1, 0.15) is 13.3 Å². The number of anilines is 1. The molecular weight excluding hydrogens is 374 g/mol. The molecule has 0 saturated carbocycles. The molecule has 2 aliphatic rings. The summed E-state index contributed by atoms with van der Waals surface area (Å²) in [6.45, 7) is 5.91. The van der Waals surface area contributed by atoms with Gasteiger partial charge in [-0.15, -0.1) is 6.58 Å². The summed E-state index contributed by atoms with van der Waals surface area (Å²) in [5.41, 5.74) is 0.848. The molecule has 0 aromatic heterocycles. The average molecular weight is 399 g/mol. The molecule has 3 atom stereocenters. The SMILES string of the molecule is C=C(C)CC(Nc1ccc(OC)cc1)C12C=CC(O1)C(C(=O)OC)=C2C(=O)OC. The number of fused-ring (bicyclic) bond motifs is 2. The summed E-state index contributed by atoms with van der Waals surface area (Å²) in [6.07, 6.45) is 3.40. The molecule has 154 valence electrons. The predicted octanol–water partition coefficient (Wildman–Crippen LogP) is 2.79. The van der Waals surface area contributed by atoms with E-state index in [-0.39, 0.29) is 11.1 Å². The topological polar surface area (TPSA) is 83.1 Å². The van der Waals surface area contributed by atoms with E-state index >= 15 is 0 Å². The van der Waals surface area contributed by atoms with Gasteiger partial charge in [-0.25, -0.2) is 9.59 Å². The van der Waals surface area contributed by atoms with Crippen molar-refractivity contribution in [1.29, 1.82) is 0 Å². The summed E-state index contributed by atoms with van der Waals surface area (Å²) in [5.74, 6) is -0.508. The highest BCUT2D eigenvalue weighted by molar-refractivity contribution is 6.05. The fourth-order valence-electron chi connectivity index (χ4n) is 3.79. The van der Waals surface area contributed by atoms with E-state index in [0.29, 0.717) is 6.42 Å². The van der Waals surface area contributed by atoms with E-state index < -0.39 is 29.7 Å². The monoisotopic (exact) mass is 399 g/mol. The summed E-state index contributed by atoms with van der Waals surface area (Å²) < 4.78 is 21.3. The maximum Gasteiger partial charge on any atom is 0.337 e. The van der Waals surface area contributed by atoms with Gasteiger partial charge in [-0.1, -0.05) is 11.6 Å². The minimum absolute atomic E-state index is 0.159. The highest BCUT2D eigenvalue weighted by atomic mass is 16.6. The van der Waals surface area contributed by atoms with E-state index in [9.17, 15) is 9.59 Å². The maximum absolute atomic E-state index is 12.7. The largest absolute Gasteiger partial charge is 0.497 e. The van der Waals surface area contributed by atoms with Crippen molar-refractivity contribution in [3.63, 3.8) is 0 Å². The molecule has 0 spiro atoms. The zero-order chi connectivity index (χ0) is 21.2. The maximum atomic E-state index is 12.7. The second kappa shape index (κ2) is 8.13. The Hall–Kier alpha value is -3.06. The van der Waals surface area contributed by atoms with Gasteiger partial charge in [0.2, 0.25) is 0 Å². The number of esters is 2. The van der Waals surface area contributed by atoms with Gasteiger partial charge < -0.3 is 24.3 Å². The third-order valence-electron chi connectivity index (χ3n) is 5.08. The first-order valence-electron chi connectivity index (χ1n) is 9.19. The Morgan fingerprint density at radius 2 is 1.83 bits per heavy atom. The molecule has 2 bridgehead atoms. The van der Waals surface area contributed by atoms with Crippen LogP contribution in [0.15, 0.2) is 59.7 Å². The third kappa shape index (κ3) is 3.65. The number of rotatable bonds is 8. The highest BCUT2D eigenvalue weighted by Gasteiger charge is 2.58. The van der Waals surface area contributed by atoms with Gasteiger partial charge in [-0.05, 0) is 43.7 Å². The van der Waals surface area contributed by atoms with Gasteiger partial charge in [0.05, 0.1) is 38.5 Å². The molecule has 0 radical (unpaired) electrons. The Labute approximate surface area is 170 Å². The van der Waals surface area contributed by atoms with Crippen LogP contribution in [0.4, 0.5) is 5.69 Å². The van der Waals surface area contributed by atoms with Crippen molar-refractivity contribution >= 4 is 17.6 Å². The van der Waals surface area contributed by atoms with E-state index in [0.717, 1.165) is 17.0 Å². The van der Waals surface area contributed by atoms with Crippen LogP contribution >= 0.6 is 0 Å². The first-order chi connectivity index (χ1) is 13.9. The first kappa shape index (κ1) is 20.7. The number of hydrogen-bond donors (Lipinski definition) is 1. The van der Waals surface area contributed by atoms with Crippen molar-refractivity contribution in [3.05, 3.63) is 59.7 Å². The Morgan fingerprint density at radius 3 is 2.38 bits per heavy atom. The molecule has 3 rings (SSSR count). The van der Waals surface area contributed by atoms with Crippen molar-refractivity contribution in [2.24, 2.45) is 0 Å². The Kier molecular flexibility index (Phi) is 5.79. The van der Waals surface area contributed by atoms with E-state index in [2.05, 4.69) is 11.9 Å². The smallest absolute Gasteiger partial charge is 0.337 e. The van der Waals surface area contributed by atoms with Crippen molar-refractivity contribution in [2.45, 2.75) is 31.1 Å². The molecule has 0 aliphatic carbocycles. The van der Waals surface area contributed by atoms with E-state index in [1.807, 2.05) is 31.2 Å². The molecule has 0 fully saturated rings. The molecule has 3 unspecified atom stereocenters. The Balaban J connectivity index is 2.06. The van der Waals surface area contributed by atoms with Crippen molar-refractivity contribution in [3.8, 4) is 5.75 Å². The standard InChI is InChI=1S/C22H25NO6/c1-13(2)12-17(23-14-6-8-15(26-3)9-7-14)22-11-10-16(29-22)18(20(24)27-4)19(22)21(25)28-5/h6-11,16-17,23H,1,12H2,2-5H3. The summed E-state index contributed by atoms with van der Waals surface area (Å²) in [4.78, 5) is 25.1. The number of nitrogens with one attached hydrogen (secondary N) is 1. The lowest BCUT2D eigenvalue weighted by Gasteiger charge is -2.36. The molecule has 29 heavy (non-hydrogen) atoms. The summed E-state index contributed by atoms with van der Waals surface area (Å²) in [6, 6.07) is 6.99. The zero-order valence-corrected chi connectivity index (χ0v) is 17.0. The quantitative estimate of drug-likeness (QED) is 0.532. The van der Waals surface area contributed by atoms with E-state index in [4.69, 9.17) is 18.9 Å². The number of benzene rings is 1. The van der Waals surface area contributed by atoms with Crippen LogP contribution in [0.5, 0.6) is 5.75 Å². The van der Waals surface area contributed by atoms with E-state index in [1.165, 1.54) is 14.2 Å². The fourth-order valence-corrected chi connectivity index (χ4v) is 3.79. The molecule has 2 aliphatic heterocycles. The van der Waals surface area contributed by atoms with Gasteiger partial charge in [0.25, 0.3) is 0 Å². The highest BCUT2D eigenvalue weighted by Crippen LogP contribution is 2.48. The summed E-state index contributed by atoms with van der Waals surface area (Å²) in [7, 11) is 4.15. The summed E-state index contributed by atoms with van der Waals surface area (Å²) in [5, 5.41) is 3.42. The zero-order valence-electron chi connectivity index (χ0n) is 17.0.